The first-order valence-electron chi connectivity index (χ1n) is 19.9. The second-order valence-corrected chi connectivity index (χ2v) is 14.4. The van der Waals surface area contributed by atoms with Crippen LogP contribution in [0.25, 0.3) is 0 Å². The van der Waals surface area contributed by atoms with Gasteiger partial charge >= 0.3 is 0 Å². The highest BCUT2D eigenvalue weighted by Crippen LogP contribution is 2.31. The number of alkyl halides is 1. The summed E-state index contributed by atoms with van der Waals surface area (Å²) in [6.07, 6.45) is 11.7. The normalized spacial score (nSPS) is 14.8. The van der Waals surface area contributed by atoms with Crippen molar-refractivity contribution in [3.63, 3.8) is 0 Å². The highest BCUT2D eigenvalue weighted by molar-refractivity contribution is 9.08. The van der Waals surface area contributed by atoms with E-state index < -0.39 is 41.2 Å². The first-order chi connectivity index (χ1) is 32.5. The zero-order chi connectivity index (χ0) is 47.7. The number of hydrogen-bond acceptors (Lipinski definition) is 15. The van der Waals surface area contributed by atoms with Gasteiger partial charge in [0.1, 0.15) is 61.6 Å². The molecule has 0 saturated heterocycles. The molecule has 0 unspecified atom stereocenters. The summed E-state index contributed by atoms with van der Waals surface area (Å²) in [5.74, 6) is -1.09. The van der Waals surface area contributed by atoms with Gasteiger partial charge in [-0.05, 0) is 42.5 Å². The molecule has 4 N–H and O–H groups in total. The predicted molar refractivity (Wildman–Crippen MR) is 238 cm³/mol. The lowest BCUT2D eigenvalue weighted by atomic mass is 10.2. The van der Waals surface area contributed by atoms with Crippen molar-refractivity contribution in [3.05, 3.63) is 157 Å². The maximum atomic E-state index is 14.3. The summed E-state index contributed by atoms with van der Waals surface area (Å²) in [7, 11) is 3.18. The van der Waals surface area contributed by atoms with Crippen LogP contribution in [0.5, 0.6) is 11.5 Å². The minimum Gasteiger partial charge on any atom is -0.489 e. The Morgan fingerprint density at radius 3 is 1.64 bits per heavy atom. The molecule has 2 aliphatic heterocycles. The van der Waals surface area contributed by atoms with Gasteiger partial charge in [-0.3, -0.25) is 29.0 Å². The number of aromatic nitrogens is 10. The average molecular weight is 984 g/mol. The Morgan fingerprint density at radius 1 is 0.716 bits per heavy atom. The molecule has 0 fully saturated rings. The van der Waals surface area contributed by atoms with Crippen molar-refractivity contribution in [1.29, 1.82) is 0 Å². The van der Waals surface area contributed by atoms with Gasteiger partial charge in [0, 0.05) is 51.3 Å². The van der Waals surface area contributed by atoms with Crippen molar-refractivity contribution < 1.29 is 42.5 Å². The lowest BCUT2D eigenvalue weighted by molar-refractivity contribution is -0.121. The maximum absolute atomic E-state index is 14.3. The largest absolute Gasteiger partial charge is 0.489 e. The Kier molecular flexibility index (Phi) is 17.1. The minimum absolute atomic E-state index is 0.0400. The van der Waals surface area contributed by atoms with Crippen molar-refractivity contribution >= 4 is 50.9 Å². The van der Waals surface area contributed by atoms with Crippen LogP contribution in [0.3, 0.4) is 0 Å². The molecule has 7 heterocycles. The number of para-hydroxylation sites is 4. The summed E-state index contributed by atoms with van der Waals surface area (Å²) in [5, 5.41) is 23.7. The fourth-order valence-electron chi connectivity index (χ4n) is 6.00. The molecule has 4 amide bonds. The van der Waals surface area contributed by atoms with Gasteiger partial charge in [0.05, 0.1) is 29.1 Å². The van der Waals surface area contributed by atoms with Gasteiger partial charge in [0.25, 0.3) is 23.6 Å². The standard InChI is InChI=1S/C19H17FN6O3.C14H13FN4O3.C5H5BrN2.C5H6N2O/c1-25-14-5-2-3-6-15(14)29-11-13(19(25)28)23-18(27)17-12(20)9-26(24-17)10-16-21-7-4-8-22-16;1-19-10-4-2-3-5-11(10)22-7-9(14(19)21)17-13(20)12-8(15)6-16-18-12;6-4-5-7-2-1-3-8-5;8-4-5-6-2-1-3-7-5/h2-9,13H,10-11H2,1H3,(H,23,27);2-6,9H,7H2,1H3,(H,16,18)(H,17,20);1-3H,4H2;1-3,8H,4H2/t13-;9-;;/m00../s1. The van der Waals surface area contributed by atoms with Crippen molar-refractivity contribution in [2.75, 3.05) is 37.1 Å². The Morgan fingerprint density at radius 2 is 1.19 bits per heavy atom. The van der Waals surface area contributed by atoms with Crippen LogP contribution in [0.1, 0.15) is 38.5 Å². The number of carbonyl (C=O) groups excluding carboxylic acids is 4. The molecular weight excluding hydrogens is 942 g/mol. The number of amides is 4. The van der Waals surface area contributed by atoms with Crippen molar-refractivity contribution in [3.8, 4) is 11.5 Å². The van der Waals surface area contributed by atoms with E-state index >= 15 is 0 Å². The second-order valence-electron chi connectivity index (χ2n) is 13.8. The zero-order valence-corrected chi connectivity index (χ0v) is 37.2. The molecule has 0 bridgehead atoms. The molecule has 0 saturated carbocycles. The van der Waals surface area contributed by atoms with E-state index in [1.54, 1.807) is 118 Å². The number of nitrogens with zero attached hydrogens (tertiary/aromatic N) is 11. The number of fused-ring (bicyclic) bond motifs is 2. The zero-order valence-electron chi connectivity index (χ0n) is 35.6. The fraction of sp³-hybridized carbons (Fsp3) is 0.209. The average Bonchev–Trinajstić information content (AvgIpc) is 3.92. The lowest BCUT2D eigenvalue weighted by Crippen LogP contribution is -2.49. The van der Waals surface area contributed by atoms with Crippen LogP contribution in [-0.2, 0) is 28.1 Å². The quantitative estimate of drug-likeness (QED) is 0.160. The van der Waals surface area contributed by atoms with Gasteiger partial charge in [-0.1, -0.05) is 40.2 Å². The third kappa shape index (κ3) is 13.0. The molecule has 5 aromatic heterocycles. The third-order valence-electron chi connectivity index (χ3n) is 9.31. The molecule has 21 nitrogen and oxygen atoms in total. The van der Waals surface area contributed by atoms with Gasteiger partial charge in [-0.2, -0.15) is 10.2 Å². The molecule has 9 rings (SSSR count). The van der Waals surface area contributed by atoms with E-state index in [2.05, 4.69) is 71.8 Å². The summed E-state index contributed by atoms with van der Waals surface area (Å²) in [6.45, 7) is -0.0941. The number of ether oxygens (including phenoxy) is 2. The molecule has 0 radical (unpaired) electrons. The number of aliphatic hydroxyl groups excluding tert-OH is 1. The predicted octanol–water partition coefficient (Wildman–Crippen LogP) is 3.06. The number of rotatable bonds is 8. The molecule has 2 atom stereocenters. The number of hydrogen-bond donors (Lipinski definition) is 4. The number of aromatic amines is 1. The van der Waals surface area contributed by atoms with E-state index in [9.17, 15) is 28.0 Å². The van der Waals surface area contributed by atoms with Crippen LogP contribution in [0.2, 0.25) is 0 Å². The summed E-state index contributed by atoms with van der Waals surface area (Å²) in [6, 6.07) is 17.3. The highest BCUT2D eigenvalue weighted by atomic mass is 79.9. The Bertz CT molecular complexity index is 2700. The number of H-pyrrole nitrogens is 1. The van der Waals surface area contributed by atoms with E-state index in [1.807, 2.05) is 0 Å². The number of likely N-dealkylation sites (N-methyl/N-ethyl adjacent to an activating group) is 2. The van der Waals surface area contributed by atoms with Crippen LogP contribution in [-0.4, -0.2) is 118 Å². The molecule has 2 aromatic carbocycles. The second kappa shape index (κ2) is 23.7. The van der Waals surface area contributed by atoms with E-state index in [0.717, 1.165) is 23.5 Å². The number of aliphatic hydroxyl groups is 1. The van der Waals surface area contributed by atoms with Gasteiger partial charge in [-0.15, -0.1) is 0 Å². The molecule has 2 aliphatic rings. The van der Waals surface area contributed by atoms with Crippen LogP contribution < -0.4 is 29.9 Å². The Labute approximate surface area is 388 Å². The first-order valence-corrected chi connectivity index (χ1v) is 21.1. The summed E-state index contributed by atoms with van der Waals surface area (Å²) >= 11 is 3.23. The monoisotopic (exact) mass is 982 g/mol. The number of anilines is 2. The summed E-state index contributed by atoms with van der Waals surface area (Å²) < 4.78 is 40.0. The van der Waals surface area contributed by atoms with E-state index in [1.165, 1.54) is 14.5 Å². The first kappa shape index (κ1) is 48.3. The third-order valence-corrected chi connectivity index (χ3v) is 9.81. The Hall–Kier alpha value is -8.12. The van der Waals surface area contributed by atoms with Crippen LogP contribution in [0.15, 0.2) is 116 Å². The van der Waals surface area contributed by atoms with Crippen molar-refractivity contribution in [2.24, 2.45) is 0 Å². The van der Waals surface area contributed by atoms with Crippen LogP contribution in [0.4, 0.5) is 20.2 Å². The minimum atomic E-state index is -0.984. The summed E-state index contributed by atoms with van der Waals surface area (Å²) in [4.78, 5) is 75.9. The van der Waals surface area contributed by atoms with Crippen LogP contribution >= 0.6 is 15.9 Å². The van der Waals surface area contributed by atoms with Gasteiger partial charge in [0.2, 0.25) is 0 Å². The number of carbonyl (C=O) groups is 4. The topological polar surface area (TPSA) is 261 Å². The molecule has 24 heteroatoms. The molecular formula is C43H41BrF2N14O7. The van der Waals surface area contributed by atoms with Crippen molar-refractivity contribution in [1.82, 2.24) is 60.5 Å². The van der Waals surface area contributed by atoms with Crippen molar-refractivity contribution in [2.45, 2.75) is 30.6 Å². The molecule has 67 heavy (non-hydrogen) atoms. The number of halogens is 3. The van der Waals surface area contributed by atoms with Crippen LogP contribution in [0, 0.1) is 11.6 Å². The maximum Gasteiger partial charge on any atom is 0.275 e. The smallest absolute Gasteiger partial charge is 0.275 e. The van der Waals surface area contributed by atoms with E-state index in [0.29, 0.717) is 34.5 Å². The fourth-order valence-corrected chi connectivity index (χ4v) is 6.29. The van der Waals surface area contributed by atoms with Gasteiger partial charge < -0.3 is 35.0 Å². The molecule has 0 spiro atoms. The SMILES string of the molecule is BrCc1ncccn1.CN1C(=O)[C@@H](NC(=O)c2[nH]ncc2F)COc2ccccc21.CN1C(=O)[C@@H](NC(=O)c2nn(Cc3ncccn3)cc2F)COc2ccccc21.OCc1ncccn1. The van der Waals surface area contributed by atoms with Gasteiger partial charge in [-0.25, -0.2) is 38.7 Å². The van der Waals surface area contributed by atoms with E-state index in [-0.39, 0.29) is 43.9 Å². The Balaban J connectivity index is 0.000000169. The molecule has 7 aromatic rings. The highest BCUT2D eigenvalue weighted by Gasteiger charge is 2.33. The number of benzene rings is 2. The summed E-state index contributed by atoms with van der Waals surface area (Å²) in [5.41, 5.74) is 0.458. The lowest BCUT2D eigenvalue weighted by Gasteiger charge is -2.20. The molecule has 0 aliphatic carbocycles. The number of nitrogens with one attached hydrogen (secondary N) is 3. The van der Waals surface area contributed by atoms with E-state index in [4.69, 9.17) is 14.6 Å². The molecule has 346 valence electrons. The van der Waals surface area contributed by atoms with Gasteiger partial charge in [0.15, 0.2) is 28.8 Å².